The topological polar surface area (TPSA) is 22.0 Å². The lowest BCUT2D eigenvalue weighted by Gasteiger charge is -2.36. The third kappa shape index (κ3) is 3.93. The molecule has 0 spiro atoms. The fraction of sp³-hybridized carbons (Fsp3) is 0.0682. The molecule has 2 nitrogen and oxygen atoms in total. The van der Waals surface area contributed by atoms with Gasteiger partial charge in [0.2, 0.25) is 0 Å². The van der Waals surface area contributed by atoms with Gasteiger partial charge in [-0.2, -0.15) is 0 Å². The van der Waals surface area contributed by atoms with Gasteiger partial charge in [0.25, 0.3) is 5.56 Å². The molecule has 0 unspecified atom stereocenters. The van der Waals surface area contributed by atoms with Crippen LogP contribution < -0.4 is 5.56 Å². The number of fused-ring (bicyclic) bond motifs is 5. The summed E-state index contributed by atoms with van der Waals surface area (Å²) < 4.78 is 1.98. The molecular weight excluding hydrogens is 558 g/mol. The second-order valence-electron chi connectivity index (χ2n) is 13.0. The van der Waals surface area contributed by atoms with Crippen LogP contribution >= 0.6 is 0 Å². The van der Waals surface area contributed by atoms with Crippen molar-refractivity contribution in [3.63, 3.8) is 0 Å². The van der Waals surface area contributed by atoms with Crippen molar-refractivity contribution in [1.82, 2.24) is 4.57 Å². The number of hydrogen-bond acceptors (Lipinski definition) is 1. The SMILES string of the molecule is CC1(C)c2cc(-c3ccccc3)ccc2-n2c(=O)c3ccc(-c4ccc5ccccc5c4)cc3c3cc(-c4ccccc4)cc1c32. The van der Waals surface area contributed by atoms with Crippen LogP contribution in [0, 0.1) is 0 Å². The molecule has 0 amide bonds. The lowest BCUT2D eigenvalue weighted by Crippen LogP contribution is -2.32. The fourth-order valence-corrected chi connectivity index (χ4v) is 7.50. The summed E-state index contributed by atoms with van der Waals surface area (Å²) in [6, 6.07) is 53.6. The van der Waals surface area contributed by atoms with Crippen molar-refractivity contribution in [2.24, 2.45) is 0 Å². The lowest BCUT2D eigenvalue weighted by molar-refractivity contribution is 0.626. The fourth-order valence-electron chi connectivity index (χ4n) is 7.50. The molecule has 0 saturated heterocycles. The molecule has 2 heteroatoms. The average molecular weight is 590 g/mol. The van der Waals surface area contributed by atoms with Crippen LogP contribution in [0.4, 0.5) is 0 Å². The minimum absolute atomic E-state index is 0.0190. The highest BCUT2D eigenvalue weighted by Crippen LogP contribution is 2.47. The molecule has 0 bridgehead atoms. The Kier molecular flexibility index (Phi) is 5.73. The summed E-state index contributed by atoms with van der Waals surface area (Å²) in [6.45, 7) is 4.60. The van der Waals surface area contributed by atoms with Gasteiger partial charge < -0.3 is 0 Å². The molecule has 46 heavy (non-hydrogen) atoms. The number of rotatable bonds is 3. The van der Waals surface area contributed by atoms with E-state index in [1.165, 1.54) is 16.3 Å². The Morgan fingerprint density at radius 1 is 0.435 bits per heavy atom. The Bertz CT molecular complexity index is 2560. The number of pyridine rings is 1. The first-order chi connectivity index (χ1) is 22.5. The van der Waals surface area contributed by atoms with Crippen molar-refractivity contribution in [2.75, 3.05) is 0 Å². The van der Waals surface area contributed by atoms with Crippen LogP contribution in [0.25, 0.3) is 71.5 Å². The summed E-state index contributed by atoms with van der Waals surface area (Å²) in [7, 11) is 0. The van der Waals surface area contributed by atoms with Gasteiger partial charge in [-0.3, -0.25) is 9.36 Å². The van der Waals surface area contributed by atoms with Crippen LogP contribution in [0.15, 0.2) is 156 Å². The maximum absolute atomic E-state index is 14.6. The number of hydrogen-bond donors (Lipinski definition) is 0. The normalized spacial score (nSPS) is 13.3. The monoisotopic (exact) mass is 589 g/mol. The van der Waals surface area contributed by atoms with Crippen molar-refractivity contribution in [1.29, 1.82) is 0 Å². The third-order valence-corrected chi connectivity index (χ3v) is 9.96. The Morgan fingerprint density at radius 3 is 1.76 bits per heavy atom. The predicted octanol–water partition coefficient (Wildman–Crippen LogP) is 10.9. The second-order valence-corrected chi connectivity index (χ2v) is 13.0. The summed E-state index contributed by atoms with van der Waals surface area (Å²) in [5, 5.41) is 5.24. The summed E-state index contributed by atoms with van der Waals surface area (Å²) in [4.78, 5) is 14.6. The largest absolute Gasteiger partial charge is 0.276 e. The van der Waals surface area contributed by atoms with Crippen LogP contribution in [0.5, 0.6) is 0 Å². The van der Waals surface area contributed by atoms with Crippen LogP contribution in [0.3, 0.4) is 0 Å². The second kappa shape index (κ2) is 9.89. The van der Waals surface area contributed by atoms with E-state index < -0.39 is 0 Å². The van der Waals surface area contributed by atoms with Gasteiger partial charge in [0.1, 0.15) is 0 Å². The molecule has 7 aromatic carbocycles. The van der Waals surface area contributed by atoms with Crippen molar-refractivity contribution >= 4 is 32.4 Å². The standard InChI is InChI=1S/C44H31NO/c1-44(2)39-26-34(28-11-5-3-6-12-28)20-22-41(39)45-42-38(25-35(27-40(42)44)29-13-7-4-8-14-29)37-24-33(19-21-36(37)43(45)46)32-18-17-30-15-9-10-16-31(30)23-32/h3-27H,1-2H3. The first-order valence-corrected chi connectivity index (χ1v) is 15.9. The van der Waals surface area contributed by atoms with Crippen LogP contribution in [0.2, 0.25) is 0 Å². The van der Waals surface area contributed by atoms with Gasteiger partial charge in [0, 0.05) is 16.2 Å². The first-order valence-electron chi connectivity index (χ1n) is 15.9. The molecule has 0 saturated carbocycles. The number of aromatic nitrogens is 1. The molecule has 1 aliphatic heterocycles. The van der Waals surface area contributed by atoms with Crippen molar-refractivity contribution in [3.8, 4) is 39.1 Å². The minimum Gasteiger partial charge on any atom is -0.276 e. The average Bonchev–Trinajstić information content (AvgIpc) is 3.11. The van der Waals surface area contributed by atoms with E-state index in [0.717, 1.165) is 66.3 Å². The zero-order valence-corrected chi connectivity index (χ0v) is 25.8. The minimum atomic E-state index is -0.348. The molecule has 0 aliphatic carbocycles. The van der Waals surface area contributed by atoms with Gasteiger partial charge in [-0.25, -0.2) is 0 Å². The molecule has 218 valence electrons. The zero-order valence-electron chi connectivity index (χ0n) is 25.8. The Hall–Kier alpha value is -5.73. The lowest BCUT2D eigenvalue weighted by atomic mass is 9.72. The highest BCUT2D eigenvalue weighted by Gasteiger charge is 2.36. The van der Waals surface area contributed by atoms with Crippen LogP contribution in [0.1, 0.15) is 25.0 Å². The molecule has 2 heterocycles. The molecule has 0 atom stereocenters. The highest BCUT2D eigenvalue weighted by molar-refractivity contribution is 6.11. The van der Waals surface area contributed by atoms with Gasteiger partial charge in [-0.1, -0.05) is 123 Å². The van der Waals surface area contributed by atoms with Crippen molar-refractivity contribution in [2.45, 2.75) is 19.3 Å². The van der Waals surface area contributed by atoms with E-state index in [0.29, 0.717) is 0 Å². The van der Waals surface area contributed by atoms with E-state index >= 15 is 0 Å². The van der Waals surface area contributed by atoms with Gasteiger partial charge in [0.05, 0.1) is 11.2 Å². The van der Waals surface area contributed by atoms with Gasteiger partial charge in [-0.15, -0.1) is 0 Å². The van der Waals surface area contributed by atoms with E-state index in [1.807, 2.05) is 16.7 Å². The molecular formula is C44H31NO. The molecule has 1 aromatic heterocycles. The van der Waals surface area contributed by atoms with Gasteiger partial charge in [0.15, 0.2) is 0 Å². The van der Waals surface area contributed by atoms with E-state index in [4.69, 9.17) is 0 Å². The van der Waals surface area contributed by atoms with Gasteiger partial charge in [-0.05, 0) is 103 Å². The molecule has 8 aromatic rings. The summed E-state index contributed by atoms with van der Waals surface area (Å²) in [5.74, 6) is 0. The predicted molar refractivity (Wildman–Crippen MR) is 193 cm³/mol. The van der Waals surface area contributed by atoms with E-state index in [-0.39, 0.29) is 11.0 Å². The van der Waals surface area contributed by atoms with Gasteiger partial charge >= 0.3 is 0 Å². The Balaban J connectivity index is 1.38. The maximum Gasteiger partial charge on any atom is 0.263 e. The Labute approximate surface area is 267 Å². The van der Waals surface area contributed by atoms with E-state index in [2.05, 4.69) is 153 Å². The molecule has 9 rings (SSSR count). The maximum atomic E-state index is 14.6. The molecule has 1 aliphatic rings. The zero-order chi connectivity index (χ0) is 31.0. The first kappa shape index (κ1) is 26.7. The molecule has 0 fully saturated rings. The smallest absolute Gasteiger partial charge is 0.263 e. The quantitative estimate of drug-likeness (QED) is 0.188. The summed E-state index contributed by atoms with van der Waals surface area (Å²) >= 11 is 0. The number of nitrogens with zero attached hydrogens (tertiary/aromatic N) is 1. The molecule has 0 radical (unpaired) electrons. The van der Waals surface area contributed by atoms with E-state index in [1.54, 1.807) is 0 Å². The third-order valence-electron chi connectivity index (χ3n) is 9.96. The van der Waals surface area contributed by atoms with Crippen LogP contribution in [-0.2, 0) is 5.41 Å². The number of benzene rings is 7. The van der Waals surface area contributed by atoms with Crippen molar-refractivity contribution < 1.29 is 0 Å². The van der Waals surface area contributed by atoms with E-state index in [9.17, 15) is 4.79 Å². The summed E-state index contributed by atoms with van der Waals surface area (Å²) in [6.07, 6.45) is 0. The molecule has 0 N–H and O–H groups in total. The van der Waals surface area contributed by atoms with Crippen LogP contribution in [-0.4, -0.2) is 4.57 Å². The van der Waals surface area contributed by atoms with Crippen molar-refractivity contribution in [3.05, 3.63) is 173 Å². The highest BCUT2D eigenvalue weighted by atomic mass is 16.1. The summed E-state index contributed by atoms with van der Waals surface area (Å²) in [5.41, 5.74) is 10.8. The Morgan fingerprint density at radius 2 is 1.00 bits per heavy atom.